The van der Waals surface area contributed by atoms with Crippen molar-refractivity contribution in [2.24, 2.45) is 0 Å². The molecule has 3 aromatic heterocycles. The third-order valence-corrected chi connectivity index (χ3v) is 10.7. The fourth-order valence-corrected chi connectivity index (χ4v) is 8.62. The highest BCUT2D eigenvalue weighted by atomic mass is 32.1. The van der Waals surface area contributed by atoms with Gasteiger partial charge >= 0.3 is 0 Å². The lowest BCUT2D eigenvalue weighted by Gasteiger charge is -2.10. The van der Waals surface area contributed by atoms with E-state index in [4.69, 9.17) is 4.42 Å². The van der Waals surface area contributed by atoms with Crippen LogP contribution in [-0.4, -0.2) is 4.57 Å². The first-order valence-corrected chi connectivity index (χ1v) is 16.5. The topological polar surface area (TPSA) is 41.9 Å². The summed E-state index contributed by atoms with van der Waals surface area (Å²) in [6.07, 6.45) is 0. The second kappa shape index (κ2) is 9.92. The van der Waals surface area contributed by atoms with Crippen LogP contribution in [0.3, 0.4) is 0 Å². The van der Waals surface area contributed by atoms with Crippen LogP contribution in [0, 0.1) is 11.3 Å². The van der Waals surface area contributed by atoms with Gasteiger partial charge in [-0.15, -0.1) is 11.3 Å². The van der Waals surface area contributed by atoms with E-state index < -0.39 is 0 Å². The molecule has 0 aliphatic carbocycles. The first-order chi connectivity index (χ1) is 23.3. The van der Waals surface area contributed by atoms with Crippen LogP contribution in [0.25, 0.3) is 91.9 Å². The van der Waals surface area contributed by atoms with Gasteiger partial charge in [-0.1, -0.05) is 97.1 Å². The third kappa shape index (κ3) is 3.78. The monoisotopic (exact) mass is 616 g/mol. The Morgan fingerprint density at radius 2 is 1.26 bits per heavy atom. The van der Waals surface area contributed by atoms with Gasteiger partial charge in [-0.25, -0.2) is 0 Å². The zero-order valence-corrected chi connectivity index (χ0v) is 25.9. The number of nitriles is 1. The van der Waals surface area contributed by atoms with E-state index in [1.807, 2.05) is 24.3 Å². The summed E-state index contributed by atoms with van der Waals surface area (Å²) in [6, 6.07) is 53.7. The summed E-state index contributed by atoms with van der Waals surface area (Å²) in [4.78, 5) is 0. The Morgan fingerprint density at radius 3 is 2.15 bits per heavy atom. The molecule has 7 aromatic carbocycles. The van der Waals surface area contributed by atoms with Crippen LogP contribution in [0.5, 0.6) is 0 Å². The van der Waals surface area contributed by atoms with Gasteiger partial charge in [-0.05, 0) is 70.8 Å². The molecule has 0 aliphatic rings. The molecule has 0 radical (unpaired) electrons. The Labute approximate surface area is 273 Å². The number of nitrogens with zero attached hydrogens (tertiary/aromatic N) is 2. The molecule has 47 heavy (non-hydrogen) atoms. The lowest BCUT2D eigenvalue weighted by molar-refractivity contribution is 0.669. The molecule has 0 saturated heterocycles. The largest absolute Gasteiger partial charge is 0.456 e. The lowest BCUT2D eigenvalue weighted by Crippen LogP contribution is -1.93. The van der Waals surface area contributed by atoms with E-state index in [1.165, 1.54) is 21.9 Å². The molecule has 0 N–H and O–H groups in total. The van der Waals surface area contributed by atoms with Gasteiger partial charge in [-0.2, -0.15) is 5.26 Å². The van der Waals surface area contributed by atoms with Crippen molar-refractivity contribution in [3.63, 3.8) is 0 Å². The lowest BCUT2D eigenvalue weighted by atomic mass is 9.96. The average molecular weight is 617 g/mol. The summed E-state index contributed by atoms with van der Waals surface area (Å²) < 4.78 is 10.8. The zero-order valence-electron chi connectivity index (χ0n) is 25.1. The molecular weight excluding hydrogens is 593 g/mol. The number of fused-ring (bicyclic) bond motifs is 9. The molecule has 0 aliphatic heterocycles. The highest BCUT2D eigenvalue weighted by Gasteiger charge is 2.20. The maximum atomic E-state index is 10.2. The van der Waals surface area contributed by atoms with Crippen molar-refractivity contribution < 1.29 is 4.42 Å². The SMILES string of the molecule is N#Cc1ccc(-c2ccc3c(c2)oc2ccccc23)c2c1sc1c(-n3c4ccccc4c4cc(-c5ccccc5)ccc43)cccc12. The Hall–Kier alpha value is -6.15. The van der Waals surface area contributed by atoms with Gasteiger partial charge in [0.1, 0.15) is 17.2 Å². The van der Waals surface area contributed by atoms with Crippen LogP contribution in [-0.2, 0) is 0 Å². The van der Waals surface area contributed by atoms with Crippen LogP contribution in [0.1, 0.15) is 5.56 Å². The Bertz CT molecular complexity index is 2920. The van der Waals surface area contributed by atoms with Crippen LogP contribution in [0.15, 0.2) is 150 Å². The fourth-order valence-electron chi connectivity index (χ4n) is 7.33. The summed E-state index contributed by atoms with van der Waals surface area (Å²) in [5.41, 5.74) is 10.4. The minimum atomic E-state index is 0.690. The van der Waals surface area contributed by atoms with Gasteiger partial charge in [0.05, 0.1) is 31.7 Å². The number of thiophene rings is 1. The van der Waals surface area contributed by atoms with Gasteiger partial charge in [-0.3, -0.25) is 0 Å². The molecule has 0 spiro atoms. The van der Waals surface area contributed by atoms with Gasteiger partial charge in [0.25, 0.3) is 0 Å². The molecule has 218 valence electrons. The summed E-state index contributed by atoms with van der Waals surface area (Å²) >= 11 is 1.70. The molecule has 0 unspecified atom stereocenters. The molecule has 3 nitrogen and oxygen atoms in total. The number of benzene rings is 7. The molecule has 10 aromatic rings. The van der Waals surface area contributed by atoms with E-state index >= 15 is 0 Å². The zero-order chi connectivity index (χ0) is 31.1. The second-order valence-corrected chi connectivity index (χ2v) is 13.0. The summed E-state index contributed by atoms with van der Waals surface area (Å²) in [6.45, 7) is 0. The normalized spacial score (nSPS) is 11.8. The highest BCUT2D eigenvalue weighted by molar-refractivity contribution is 7.26. The predicted molar refractivity (Wildman–Crippen MR) is 197 cm³/mol. The maximum Gasteiger partial charge on any atom is 0.136 e. The van der Waals surface area contributed by atoms with Gasteiger partial charge in [0, 0.05) is 32.3 Å². The number of hydrogen-bond acceptors (Lipinski definition) is 3. The maximum absolute atomic E-state index is 10.2. The first kappa shape index (κ1) is 26.1. The van der Waals surface area contributed by atoms with Crippen molar-refractivity contribution in [2.75, 3.05) is 0 Å². The molecule has 0 fully saturated rings. The fraction of sp³-hybridized carbons (Fsp3) is 0. The van der Waals surface area contributed by atoms with Crippen LogP contribution in [0.4, 0.5) is 0 Å². The predicted octanol–water partition coefficient (Wildman–Crippen LogP) is 12.3. The van der Waals surface area contributed by atoms with Gasteiger partial charge < -0.3 is 8.98 Å². The minimum absolute atomic E-state index is 0.690. The number of para-hydroxylation sites is 2. The standard InChI is InChI=1S/C43H24N2OS/c44-25-29-18-20-30(28-17-21-33-32-12-5-7-16-39(32)46-40(33)24-28)41-34-13-8-15-38(43(34)47-42(29)41)45-36-14-6-4-11-31(36)35-23-27(19-22-37(35)45)26-9-2-1-3-10-26/h1-24H. The van der Waals surface area contributed by atoms with Crippen molar-refractivity contribution in [1.82, 2.24) is 4.57 Å². The molecule has 0 amide bonds. The molecular formula is C43H24N2OS. The van der Waals surface area contributed by atoms with Crippen molar-refractivity contribution in [3.05, 3.63) is 151 Å². The summed E-state index contributed by atoms with van der Waals surface area (Å²) in [5, 5.41) is 17.1. The Balaban J connectivity index is 1.24. The molecule has 4 heteroatoms. The Morgan fingerprint density at radius 1 is 0.511 bits per heavy atom. The quantitative estimate of drug-likeness (QED) is 0.198. The van der Waals surface area contributed by atoms with E-state index in [2.05, 4.69) is 132 Å². The molecule has 0 bridgehead atoms. The molecule has 3 heterocycles. The number of hydrogen-bond donors (Lipinski definition) is 0. The van der Waals surface area contributed by atoms with Crippen LogP contribution in [0.2, 0.25) is 0 Å². The third-order valence-electron chi connectivity index (χ3n) is 9.46. The average Bonchev–Trinajstić information content (AvgIpc) is 3.81. The summed E-state index contributed by atoms with van der Waals surface area (Å²) in [5.74, 6) is 0. The van der Waals surface area contributed by atoms with E-state index in [9.17, 15) is 5.26 Å². The van der Waals surface area contributed by atoms with Crippen molar-refractivity contribution in [1.29, 1.82) is 5.26 Å². The number of furan rings is 1. The van der Waals surface area contributed by atoms with E-state index in [0.717, 1.165) is 70.0 Å². The number of rotatable bonds is 3. The second-order valence-electron chi connectivity index (χ2n) is 12.0. The number of aromatic nitrogens is 1. The van der Waals surface area contributed by atoms with Crippen LogP contribution >= 0.6 is 11.3 Å². The van der Waals surface area contributed by atoms with Gasteiger partial charge in [0.2, 0.25) is 0 Å². The van der Waals surface area contributed by atoms with E-state index in [0.29, 0.717) is 5.56 Å². The van der Waals surface area contributed by atoms with Crippen molar-refractivity contribution in [3.8, 4) is 34.0 Å². The molecule has 0 atom stereocenters. The first-order valence-electron chi connectivity index (χ1n) is 15.7. The van der Waals surface area contributed by atoms with E-state index in [1.54, 1.807) is 11.3 Å². The Kier molecular flexibility index (Phi) is 5.51. The highest BCUT2D eigenvalue weighted by Crippen LogP contribution is 2.46. The molecule has 10 rings (SSSR count). The van der Waals surface area contributed by atoms with Crippen LogP contribution < -0.4 is 0 Å². The van der Waals surface area contributed by atoms with Crippen molar-refractivity contribution in [2.45, 2.75) is 0 Å². The van der Waals surface area contributed by atoms with Gasteiger partial charge in [0.15, 0.2) is 0 Å². The smallest absolute Gasteiger partial charge is 0.136 e. The summed E-state index contributed by atoms with van der Waals surface area (Å²) in [7, 11) is 0. The van der Waals surface area contributed by atoms with E-state index in [-0.39, 0.29) is 0 Å². The minimum Gasteiger partial charge on any atom is -0.456 e. The van der Waals surface area contributed by atoms with Crippen molar-refractivity contribution >= 4 is 75.3 Å². The molecule has 0 saturated carbocycles.